The van der Waals surface area contributed by atoms with Gasteiger partial charge in [0.05, 0.1) is 6.54 Å². The molecule has 1 aliphatic rings. The van der Waals surface area contributed by atoms with E-state index in [9.17, 15) is 4.79 Å². The van der Waals surface area contributed by atoms with Gasteiger partial charge in [0, 0.05) is 18.2 Å². The Balaban J connectivity index is 2.21. The normalized spacial score (nSPS) is 22.8. The van der Waals surface area contributed by atoms with Crippen molar-refractivity contribution < 1.29 is 4.79 Å². The number of hydrogen-bond donors (Lipinski definition) is 1. The molecular formula is C15H20N2OS. The van der Waals surface area contributed by atoms with E-state index in [0.717, 1.165) is 23.4 Å². The second-order valence-electron chi connectivity index (χ2n) is 5.16. The van der Waals surface area contributed by atoms with Gasteiger partial charge in [-0.2, -0.15) is 0 Å². The molecule has 1 aliphatic heterocycles. The molecule has 2 N–H and O–H groups in total. The molecule has 1 amide bonds. The highest BCUT2D eigenvalue weighted by atomic mass is 32.1. The lowest BCUT2D eigenvalue weighted by Crippen LogP contribution is -2.44. The Labute approximate surface area is 118 Å². The van der Waals surface area contributed by atoms with Crippen molar-refractivity contribution in [1.29, 1.82) is 0 Å². The van der Waals surface area contributed by atoms with Gasteiger partial charge in [-0.25, -0.2) is 0 Å². The number of carbonyl (C=O) groups is 1. The van der Waals surface area contributed by atoms with Crippen molar-refractivity contribution in [2.75, 3.05) is 13.1 Å². The fourth-order valence-electron chi connectivity index (χ4n) is 2.42. The summed E-state index contributed by atoms with van der Waals surface area (Å²) in [5.41, 5.74) is 6.20. The lowest BCUT2D eigenvalue weighted by molar-refractivity contribution is 0.0579. The van der Waals surface area contributed by atoms with E-state index in [0.29, 0.717) is 18.5 Å². The number of nitrogens with zero attached hydrogens (tertiary/aromatic N) is 1. The fraction of sp³-hybridized carbons (Fsp3) is 0.533. The van der Waals surface area contributed by atoms with Crippen LogP contribution in [0.2, 0.25) is 0 Å². The molecule has 19 heavy (non-hydrogen) atoms. The van der Waals surface area contributed by atoms with Gasteiger partial charge in [-0.1, -0.05) is 18.8 Å². The van der Waals surface area contributed by atoms with E-state index >= 15 is 0 Å². The summed E-state index contributed by atoms with van der Waals surface area (Å²) in [7, 11) is 0. The Hall–Kier alpha value is -1.31. The molecule has 1 fully saturated rings. The van der Waals surface area contributed by atoms with Gasteiger partial charge in [0.25, 0.3) is 5.91 Å². The molecule has 3 nitrogen and oxygen atoms in total. The predicted molar refractivity (Wildman–Crippen MR) is 79.1 cm³/mol. The standard InChI is InChI=1S/C15H20N2OS/c1-11-5-6-12(2)17(10-11)15(18)14-13(4-3-8-16)7-9-19-14/h7,9,11-12H,5-6,8,10,16H2,1-2H3. The molecule has 0 spiro atoms. The summed E-state index contributed by atoms with van der Waals surface area (Å²) in [6.07, 6.45) is 2.29. The van der Waals surface area contributed by atoms with Crippen LogP contribution in [0.4, 0.5) is 0 Å². The van der Waals surface area contributed by atoms with Crippen molar-refractivity contribution in [2.24, 2.45) is 11.7 Å². The number of nitrogens with two attached hydrogens (primary N) is 1. The number of likely N-dealkylation sites (tertiary alicyclic amines) is 1. The van der Waals surface area contributed by atoms with Gasteiger partial charge in [0.2, 0.25) is 0 Å². The van der Waals surface area contributed by atoms with Crippen LogP contribution < -0.4 is 5.73 Å². The van der Waals surface area contributed by atoms with E-state index < -0.39 is 0 Å². The van der Waals surface area contributed by atoms with Gasteiger partial charge < -0.3 is 10.6 Å². The van der Waals surface area contributed by atoms with Crippen LogP contribution in [0.3, 0.4) is 0 Å². The summed E-state index contributed by atoms with van der Waals surface area (Å²) < 4.78 is 0. The zero-order valence-corrected chi connectivity index (χ0v) is 12.3. The van der Waals surface area contributed by atoms with Crippen LogP contribution in [-0.4, -0.2) is 29.9 Å². The number of thiophene rings is 1. The largest absolute Gasteiger partial charge is 0.335 e. The van der Waals surface area contributed by atoms with E-state index in [1.165, 1.54) is 17.8 Å². The van der Waals surface area contributed by atoms with Crippen molar-refractivity contribution in [3.63, 3.8) is 0 Å². The minimum Gasteiger partial charge on any atom is -0.335 e. The average Bonchev–Trinajstić information content (AvgIpc) is 2.86. The second kappa shape index (κ2) is 6.23. The summed E-state index contributed by atoms with van der Waals surface area (Å²) >= 11 is 1.47. The maximum atomic E-state index is 12.6. The molecule has 0 aromatic carbocycles. The summed E-state index contributed by atoms with van der Waals surface area (Å²) in [5.74, 6) is 6.51. The number of hydrogen-bond acceptors (Lipinski definition) is 3. The first-order chi connectivity index (χ1) is 9.13. The molecule has 0 radical (unpaired) electrons. The molecule has 2 atom stereocenters. The topological polar surface area (TPSA) is 46.3 Å². The summed E-state index contributed by atoms with van der Waals surface area (Å²) in [4.78, 5) is 15.4. The summed E-state index contributed by atoms with van der Waals surface area (Å²) in [5, 5.41) is 1.92. The number of rotatable bonds is 1. The Morgan fingerprint density at radius 2 is 2.32 bits per heavy atom. The molecule has 0 saturated carbocycles. The fourth-order valence-corrected chi connectivity index (χ4v) is 3.23. The lowest BCUT2D eigenvalue weighted by atomic mass is 9.95. The highest BCUT2D eigenvalue weighted by molar-refractivity contribution is 7.12. The first kappa shape index (κ1) is 14.1. The number of piperidine rings is 1. The molecular weight excluding hydrogens is 256 g/mol. The lowest BCUT2D eigenvalue weighted by Gasteiger charge is -2.36. The number of carbonyl (C=O) groups excluding carboxylic acids is 1. The van der Waals surface area contributed by atoms with Crippen molar-refractivity contribution in [1.82, 2.24) is 4.90 Å². The molecule has 1 aromatic heterocycles. The van der Waals surface area contributed by atoms with Crippen LogP contribution in [0.25, 0.3) is 0 Å². The van der Waals surface area contributed by atoms with Gasteiger partial charge in [-0.3, -0.25) is 4.79 Å². The SMILES string of the molecule is CC1CCC(C)N(C(=O)c2sccc2C#CCN)C1. The van der Waals surface area contributed by atoms with Gasteiger partial charge in [0.15, 0.2) is 0 Å². The molecule has 1 aromatic rings. The van der Waals surface area contributed by atoms with Gasteiger partial charge in [0.1, 0.15) is 4.88 Å². The van der Waals surface area contributed by atoms with E-state index in [1.54, 1.807) is 0 Å². The van der Waals surface area contributed by atoms with E-state index in [2.05, 4.69) is 25.7 Å². The van der Waals surface area contributed by atoms with Crippen LogP contribution in [0.15, 0.2) is 11.4 Å². The molecule has 102 valence electrons. The highest BCUT2D eigenvalue weighted by Crippen LogP contribution is 2.26. The van der Waals surface area contributed by atoms with E-state index in [4.69, 9.17) is 5.73 Å². The summed E-state index contributed by atoms with van der Waals surface area (Å²) in [6.45, 7) is 5.50. The maximum Gasteiger partial charge on any atom is 0.265 e. The van der Waals surface area contributed by atoms with Crippen molar-refractivity contribution in [2.45, 2.75) is 32.7 Å². The molecule has 4 heteroatoms. The van der Waals surface area contributed by atoms with Crippen molar-refractivity contribution in [3.8, 4) is 11.8 Å². The average molecular weight is 276 g/mol. The third-order valence-electron chi connectivity index (χ3n) is 3.56. The first-order valence-corrected chi connectivity index (χ1v) is 7.58. The zero-order valence-electron chi connectivity index (χ0n) is 11.5. The van der Waals surface area contributed by atoms with Crippen LogP contribution in [0.5, 0.6) is 0 Å². The Kier molecular flexibility index (Phi) is 4.62. The van der Waals surface area contributed by atoms with Crippen molar-refractivity contribution in [3.05, 3.63) is 21.9 Å². The molecule has 1 saturated heterocycles. The molecule has 2 rings (SSSR count). The minimum absolute atomic E-state index is 0.121. The van der Waals surface area contributed by atoms with Crippen LogP contribution >= 0.6 is 11.3 Å². The molecule has 0 bridgehead atoms. The highest BCUT2D eigenvalue weighted by Gasteiger charge is 2.29. The first-order valence-electron chi connectivity index (χ1n) is 6.71. The van der Waals surface area contributed by atoms with Gasteiger partial charge in [-0.05, 0) is 37.1 Å². The second-order valence-corrected chi connectivity index (χ2v) is 6.07. The number of amides is 1. The third-order valence-corrected chi connectivity index (χ3v) is 4.47. The Morgan fingerprint density at radius 1 is 1.53 bits per heavy atom. The van der Waals surface area contributed by atoms with Crippen LogP contribution in [-0.2, 0) is 0 Å². The Bertz CT molecular complexity index is 512. The van der Waals surface area contributed by atoms with E-state index in [1.807, 2.05) is 16.3 Å². The predicted octanol–water partition coefficient (Wildman–Crippen LogP) is 2.32. The van der Waals surface area contributed by atoms with Crippen LogP contribution in [0.1, 0.15) is 41.9 Å². The monoisotopic (exact) mass is 276 g/mol. The quantitative estimate of drug-likeness (QED) is 0.800. The van der Waals surface area contributed by atoms with Gasteiger partial charge >= 0.3 is 0 Å². The molecule has 2 heterocycles. The minimum atomic E-state index is 0.121. The molecule has 0 aliphatic carbocycles. The van der Waals surface area contributed by atoms with Crippen molar-refractivity contribution >= 4 is 17.2 Å². The van der Waals surface area contributed by atoms with E-state index in [-0.39, 0.29) is 5.91 Å². The molecule has 2 unspecified atom stereocenters. The smallest absolute Gasteiger partial charge is 0.265 e. The van der Waals surface area contributed by atoms with Crippen LogP contribution in [0, 0.1) is 17.8 Å². The maximum absolute atomic E-state index is 12.6. The summed E-state index contributed by atoms with van der Waals surface area (Å²) in [6, 6.07) is 2.22. The van der Waals surface area contributed by atoms with Gasteiger partial charge in [-0.15, -0.1) is 11.3 Å². The Morgan fingerprint density at radius 3 is 3.05 bits per heavy atom. The third kappa shape index (κ3) is 3.17. The zero-order chi connectivity index (χ0) is 13.8.